The largest absolute Gasteiger partial charge is 0.346 e. The molecule has 0 fully saturated rings. The average molecular weight is 511 g/mol. The van der Waals surface area contributed by atoms with Crippen LogP contribution in [0.2, 0.25) is 0 Å². The maximum atomic E-state index is 13.9. The van der Waals surface area contributed by atoms with Gasteiger partial charge in [-0.15, -0.1) is 0 Å². The first-order valence-corrected chi connectivity index (χ1v) is 13.2. The first-order valence-electron chi connectivity index (χ1n) is 13.2. The molecule has 2 atom stereocenters. The monoisotopic (exact) mass is 510 g/mol. The summed E-state index contributed by atoms with van der Waals surface area (Å²) in [5, 5.41) is 18.3. The van der Waals surface area contributed by atoms with E-state index in [9.17, 15) is 22.0 Å². The van der Waals surface area contributed by atoms with E-state index >= 15 is 0 Å². The molecule has 2 N–H and O–H groups in total. The predicted octanol–water partition coefficient (Wildman–Crippen LogP) is 8.40. The number of hydrogen-bond acceptors (Lipinski definition) is 3. The molecule has 0 radical (unpaired) electrons. The summed E-state index contributed by atoms with van der Waals surface area (Å²) in [5.41, 5.74) is -0.737. The number of aliphatic hydroxyl groups excluding tert-OH is 1. The maximum Gasteiger partial charge on any atom is 0.266 e. The average Bonchev–Trinajstić information content (AvgIpc) is 2.82. The standard InChI is InChI=1S/C27H43F5O3/c1-3-4-5-6-7-11-14-17-20(35-27(33)34)18-15-12-9-8-10-13-16-19(2)21-22(28)24(30)26(32)25(31)23(21)29/h19-20,27,33-34H,3-18H2,1-2H3. The van der Waals surface area contributed by atoms with Gasteiger partial charge in [-0.1, -0.05) is 97.3 Å². The molecule has 0 heterocycles. The third-order valence-corrected chi connectivity index (χ3v) is 6.59. The molecule has 1 rings (SSSR count). The zero-order valence-corrected chi connectivity index (χ0v) is 21.2. The third-order valence-electron chi connectivity index (χ3n) is 6.59. The second-order valence-electron chi connectivity index (χ2n) is 9.58. The van der Waals surface area contributed by atoms with Crippen molar-refractivity contribution in [3.63, 3.8) is 0 Å². The first-order chi connectivity index (χ1) is 16.7. The zero-order chi connectivity index (χ0) is 26.2. The van der Waals surface area contributed by atoms with Crippen LogP contribution >= 0.6 is 0 Å². The van der Waals surface area contributed by atoms with Crippen LogP contribution in [0.15, 0.2) is 0 Å². The van der Waals surface area contributed by atoms with Gasteiger partial charge in [0.1, 0.15) is 0 Å². The van der Waals surface area contributed by atoms with Crippen molar-refractivity contribution >= 4 is 0 Å². The molecule has 204 valence electrons. The molecule has 0 bridgehead atoms. The van der Waals surface area contributed by atoms with Crippen molar-refractivity contribution in [2.45, 2.75) is 135 Å². The van der Waals surface area contributed by atoms with Gasteiger partial charge in [-0.3, -0.25) is 0 Å². The van der Waals surface area contributed by atoms with E-state index in [1.807, 2.05) is 0 Å². The molecular formula is C27H43F5O3. The molecule has 8 heteroatoms. The molecule has 0 spiro atoms. The van der Waals surface area contributed by atoms with Gasteiger partial charge < -0.3 is 14.9 Å². The highest BCUT2D eigenvalue weighted by Gasteiger charge is 2.28. The fourth-order valence-corrected chi connectivity index (χ4v) is 4.51. The van der Waals surface area contributed by atoms with Gasteiger partial charge >= 0.3 is 0 Å². The van der Waals surface area contributed by atoms with Crippen LogP contribution < -0.4 is 0 Å². The van der Waals surface area contributed by atoms with Gasteiger partial charge in [-0.05, 0) is 25.2 Å². The lowest BCUT2D eigenvalue weighted by Crippen LogP contribution is -2.21. The van der Waals surface area contributed by atoms with Gasteiger partial charge in [0.25, 0.3) is 6.48 Å². The van der Waals surface area contributed by atoms with Gasteiger partial charge in [-0.2, -0.15) is 0 Å². The van der Waals surface area contributed by atoms with Crippen molar-refractivity contribution in [1.29, 1.82) is 0 Å². The summed E-state index contributed by atoms with van der Waals surface area (Å²) < 4.78 is 73.0. The Labute approximate surface area is 207 Å². The Kier molecular flexibility index (Phi) is 16.4. The van der Waals surface area contributed by atoms with Gasteiger partial charge in [0, 0.05) is 5.56 Å². The number of benzene rings is 1. The minimum Gasteiger partial charge on any atom is -0.346 e. The Morgan fingerprint density at radius 3 is 1.37 bits per heavy atom. The molecule has 2 unspecified atom stereocenters. The van der Waals surface area contributed by atoms with Crippen molar-refractivity contribution in [3.05, 3.63) is 34.6 Å². The third kappa shape index (κ3) is 12.0. The van der Waals surface area contributed by atoms with Gasteiger partial charge in [0.15, 0.2) is 23.3 Å². The molecule has 0 saturated carbocycles. The van der Waals surface area contributed by atoms with E-state index in [-0.39, 0.29) is 6.10 Å². The van der Waals surface area contributed by atoms with E-state index in [1.54, 1.807) is 0 Å². The lowest BCUT2D eigenvalue weighted by Gasteiger charge is -2.19. The van der Waals surface area contributed by atoms with E-state index in [2.05, 4.69) is 6.92 Å². The quantitative estimate of drug-likeness (QED) is 0.0609. The summed E-state index contributed by atoms with van der Waals surface area (Å²) in [5.74, 6) is -10.2. The number of rotatable bonds is 20. The lowest BCUT2D eigenvalue weighted by atomic mass is 9.93. The molecular weight excluding hydrogens is 467 g/mol. The van der Waals surface area contributed by atoms with E-state index in [4.69, 9.17) is 14.9 Å². The van der Waals surface area contributed by atoms with Crippen LogP contribution in [-0.4, -0.2) is 22.8 Å². The van der Waals surface area contributed by atoms with Crippen LogP contribution in [0.4, 0.5) is 22.0 Å². The summed E-state index contributed by atoms with van der Waals surface area (Å²) in [6.45, 7) is 1.90. The Bertz CT molecular complexity index is 686. The topological polar surface area (TPSA) is 49.7 Å². The van der Waals surface area contributed by atoms with Crippen LogP contribution in [-0.2, 0) is 4.74 Å². The Morgan fingerprint density at radius 1 is 0.571 bits per heavy atom. The van der Waals surface area contributed by atoms with Crippen molar-refractivity contribution < 1.29 is 36.9 Å². The smallest absolute Gasteiger partial charge is 0.266 e. The summed E-state index contributed by atoms with van der Waals surface area (Å²) in [4.78, 5) is 0. The van der Waals surface area contributed by atoms with Crippen molar-refractivity contribution in [1.82, 2.24) is 0 Å². The highest BCUT2D eigenvalue weighted by molar-refractivity contribution is 5.27. The van der Waals surface area contributed by atoms with Gasteiger partial charge in [-0.25, -0.2) is 22.0 Å². The molecule has 0 amide bonds. The van der Waals surface area contributed by atoms with Crippen molar-refractivity contribution in [2.75, 3.05) is 0 Å². The normalized spacial score (nSPS) is 13.5. The van der Waals surface area contributed by atoms with E-state index < -0.39 is 47.0 Å². The van der Waals surface area contributed by atoms with E-state index in [0.717, 1.165) is 57.8 Å². The number of unbranched alkanes of at least 4 members (excludes halogenated alkanes) is 11. The molecule has 0 aliphatic heterocycles. The predicted molar refractivity (Wildman–Crippen MR) is 127 cm³/mol. The molecule has 0 aliphatic carbocycles. The fourth-order valence-electron chi connectivity index (χ4n) is 4.51. The molecule has 0 saturated heterocycles. The number of hydrogen-bond donors (Lipinski definition) is 2. The highest BCUT2D eigenvalue weighted by Crippen LogP contribution is 2.31. The summed E-state index contributed by atoms with van der Waals surface area (Å²) >= 11 is 0. The molecule has 0 aliphatic rings. The summed E-state index contributed by atoms with van der Waals surface area (Å²) in [7, 11) is 0. The van der Waals surface area contributed by atoms with Crippen molar-refractivity contribution in [2.24, 2.45) is 0 Å². The Morgan fingerprint density at radius 2 is 0.943 bits per heavy atom. The Balaban J connectivity index is 2.23. The number of ether oxygens (including phenoxy) is 1. The zero-order valence-electron chi connectivity index (χ0n) is 21.2. The Hall–Kier alpha value is -1.25. The molecule has 3 nitrogen and oxygen atoms in total. The van der Waals surface area contributed by atoms with Crippen LogP contribution in [0.5, 0.6) is 0 Å². The van der Waals surface area contributed by atoms with Crippen LogP contribution in [0.1, 0.15) is 128 Å². The SMILES string of the molecule is CCCCCCCCCC(CCCCCCCCC(C)c1c(F)c(F)c(F)c(F)c1F)OC(O)O. The first kappa shape index (κ1) is 31.8. The molecule has 35 heavy (non-hydrogen) atoms. The van der Waals surface area contributed by atoms with Gasteiger partial charge in [0.2, 0.25) is 5.82 Å². The molecule has 1 aromatic carbocycles. The number of aliphatic hydroxyl groups is 2. The lowest BCUT2D eigenvalue weighted by molar-refractivity contribution is -0.257. The summed E-state index contributed by atoms with van der Waals surface area (Å²) in [6, 6.07) is 0. The maximum absolute atomic E-state index is 13.9. The number of halogens is 5. The minimum absolute atomic E-state index is 0.173. The molecule has 0 aromatic heterocycles. The second kappa shape index (κ2) is 18.1. The van der Waals surface area contributed by atoms with Crippen molar-refractivity contribution in [3.8, 4) is 0 Å². The van der Waals surface area contributed by atoms with E-state index in [0.29, 0.717) is 12.8 Å². The van der Waals surface area contributed by atoms with Crippen LogP contribution in [0, 0.1) is 29.1 Å². The fraction of sp³-hybridized carbons (Fsp3) is 0.778. The van der Waals surface area contributed by atoms with Gasteiger partial charge in [0.05, 0.1) is 6.10 Å². The summed E-state index contributed by atoms with van der Waals surface area (Å²) in [6.07, 6.45) is 15.2. The van der Waals surface area contributed by atoms with E-state index in [1.165, 1.54) is 39.0 Å². The highest BCUT2D eigenvalue weighted by atomic mass is 19.2. The van der Waals surface area contributed by atoms with Crippen LogP contribution in [0.25, 0.3) is 0 Å². The minimum atomic E-state index is -2.13. The van der Waals surface area contributed by atoms with Crippen LogP contribution in [0.3, 0.4) is 0 Å². The molecule has 1 aromatic rings. The second-order valence-corrected chi connectivity index (χ2v) is 9.58.